The molecule has 2 heterocycles. The van der Waals surface area contributed by atoms with Crippen LogP contribution in [0.2, 0.25) is 0 Å². The minimum atomic E-state index is 0.934. The Labute approximate surface area is 238 Å². The maximum Gasteiger partial charge on any atom is 0.145 e. The van der Waals surface area contributed by atoms with Crippen LogP contribution in [0.5, 0.6) is 0 Å². The van der Waals surface area contributed by atoms with Crippen molar-refractivity contribution in [3.8, 4) is 39.3 Å². The van der Waals surface area contributed by atoms with Crippen LogP contribution in [0.1, 0.15) is 0 Å². The summed E-state index contributed by atoms with van der Waals surface area (Å²) in [7, 11) is 0. The third-order valence-corrected chi connectivity index (χ3v) is 7.83. The van der Waals surface area contributed by atoms with E-state index >= 15 is 0 Å². The number of rotatable bonds is 4. The second kappa shape index (κ2) is 9.58. The topological polar surface area (TPSA) is 30.7 Å². The van der Waals surface area contributed by atoms with Crippen LogP contribution < -0.4 is 0 Å². The van der Waals surface area contributed by atoms with E-state index in [0.29, 0.717) is 0 Å². The van der Waals surface area contributed by atoms with Gasteiger partial charge in [0.25, 0.3) is 0 Å². The molecule has 0 aliphatic carbocycles. The first-order valence-corrected chi connectivity index (χ1v) is 13.8. The molecule has 0 N–H and O–H groups in total. The Bertz CT molecular complexity index is 2210. The van der Waals surface area contributed by atoms with Crippen LogP contribution in [-0.2, 0) is 0 Å². The van der Waals surface area contributed by atoms with Crippen molar-refractivity contribution >= 4 is 32.7 Å². The van der Waals surface area contributed by atoms with Crippen molar-refractivity contribution in [1.29, 1.82) is 0 Å². The highest BCUT2D eigenvalue weighted by Gasteiger charge is 2.15. The van der Waals surface area contributed by atoms with Crippen LogP contribution >= 0.6 is 0 Å². The van der Waals surface area contributed by atoms with Crippen molar-refractivity contribution in [3.63, 3.8) is 0 Å². The molecule has 8 rings (SSSR count). The minimum Gasteiger partial charge on any atom is -0.292 e. The number of nitrogens with zero attached hydrogens (tertiary/aromatic N) is 3. The fraction of sp³-hybridized carbons (Fsp3) is 0. The predicted molar refractivity (Wildman–Crippen MR) is 170 cm³/mol. The monoisotopic (exact) mass is 523 g/mol. The molecule has 0 radical (unpaired) electrons. The number of aromatic nitrogens is 3. The molecular weight excluding hydrogens is 498 g/mol. The van der Waals surface area contributed by atoms with E-state index in [4.69, 9.17) is 4.98 Å². The molecule has 0 unspecified atom stereocenters. The number of para-hydroxylation sites is 3. The van der Waals surface area contributed by atoms with Crippen LogP contribution in [0.4, 0.5) is 0 Å². The summed E-state index contributed by atoms with van der Waals surface area (Å²) < 4.78 is 2.25. The molecule has 0 spiro atoms. The maximum absolute atomic E-state index is 5.08. The number of benzene rings is 6. The molecular formula is C38H25N3. The molecule has 6 aromatic carbocycles. The van der Waals surface area contributed by atoms with E-state index in [1.54, 1.807) is 0 Å². The molecule has 0 amide bonds. The highest BCUT2D eigenvalue weighted by molar-refractivity contribution is 6.10. The Balaban J connectivity index is 1.26. The summed E-state index contributed by atoms with van der Waals surface area (Å²) in [4.78, 5) is 9.76. The third kappa shape index (κ3) is 3.98. The van der Waals surface area contributed by atoms with E-state index < -0.39 is 0 Å². The Kier molecular flexibility index (Phi) is 5.46. The SMILES string of the molecule is c1ccc(-n2c(-c3cccc(-c4cccc(-c5cccc6c5ccc5cccnc56)c4)c3)nc3ccccc32)cc1. The van der Waals surface area contributed by atoms with Gasteiger partial charge in [-0.05, 0) is 70.1 Å². The Morgan fingerprint density at radius 3 is 2.10 bits per heavy atom. The highest BCUT2D eigenvalue weighted by atomic mass is 15.1. The van der Waals surface area contributed by atoms with Gasteiger partial charge in [-0.1, -0.05) is 103 Å². The standard InChI is InChI=1S/C38H25N3/c1-2-15-31(16-3-1)41-36-20-5-4-19-35(36)40-38(41)30-13-7-11-28(25-30)27-10-6-12-29(24-27)32-17-8-18-34-33(32)22-21-26-14-9-23-39-37(26)34/h1-25H. The third-order valence-electron chi connectivity index (χ3n) is 7.83. The molecule has 3 nitrogen and oxygen atoms in total. The summed E-state index contributed by atoms with van der Waals surface area (Å²) in [5, 5.41) is 3.54. The number of hydrogen-bond acceptors (Lipinski definition) is 2. The number of fused-ring (bicyclic) bond motifs is 4. The van der Waals surface area contributed by atoms with Gasteiger partial charge in [-0.15, -0.1) is 0 Å². The second-order valence-electron chi connectivity index (χ2n) is 10.3. The lowest BCUT2D eigenvalue weighted by Gasteiger charge is -2.12. The van der Waals surface area contributed by atoms with Gasteiger partial charge in [-0.25, -0.2) is 4.98 Å². The molecule has 0 atom stereocenters. The van der Waals surface area contributed by atoms with Crippen LogP contribution in [0.15, 0.2) is 152 Å². The summed E-state index contributed by atoms with van der Waals surface area (Å²) in [5.41, 5.74) is 10.0. The lowest BCUT2D eigenvalue weighted by atomic mass is 9.94. The first-order valence-electron chi connectivity index (χ1n) is 13.8. The zero-order valence-electron chi connectivity index (χ0n) is 22.3. The molecule has 0 aliphatic heterocycles. The van der Waals surface area contributed by atoms with Gasteiger partial charge in [-0.2, -0.15) is 0 Å². The molecule has 3 heteroatoms. The van der Waals surface area contributed by atoms with Crippen LogP contribution in [0, 0.1) is 0 Å². The van der Waals surface area contributed by atoms with E-state index in [1.165, 1.54) is 27.5 Å². The van der Waals surface area contributed by atoms with Crippen LogP contribution in [0.3, 0.4) is 0 Å². The Morgan fingerprint density at radius 2 is 1.22 bits per heavy atom. The summed E-state index contributed by atoms with van der Waals surface area (Å²) in [5.74, 6) is 0.934. The molecule has 8 aromatic rings. The fourth-order valence-electron chi connectivity index (χ4n) is 5.92. The minimum absolute atomic E-state index is 0.934. The fourth-order valence-corrected chi connectivity index (χ4v) is 5.92. The summed E-state index contributed by atoms with van der Waals surface area (Å²) in [6, 6.07) is 51.3. The Hall–Kier alpha value is -5.54. The van der Waals surface area contributed by atoms with Gasteiger partial charge in [0, 0.05) is 28.2 Å². The molecule has 0 fully saturated rings. The van der Waals surface area contributed by atoms with Gasteiger partial charge in [0.2, 0.25) is 0 Å². The van der Waals surface area contributed by atoms with Crippen molar-refractivity contribution in [2.24, 2.45) is 0 Å². The molecule has 0 saturated carbocycles. The van der Waals surface area contributed by atoms with E-state index in [-0.39, 0.29) is 0 Å². The van der Waals surface area contributed by atoms with E-state index in [0.717, 1.165) is 44.6 Å². The lowest BCUT2D eigenvalue weighted by Crippen LogP contribution is -1.97. The molecule has 0 aliphatic rings. The summed E-state index contributed by atoms with van der Waals surface area (Å²) in [6.07, 6.45) is 1.87. The highest BCUT2D eigenvalue weighted by Crippen LogP contribution is 2.36. The molecule has 0 bridgehead atoms. The van der Waals surface area contributed by atoms with E-state index in [9.17, 15) is 0 Å². The van der Waals surface area contributed by atoms with Crippen molar-refractivity contribution in [2.75, 3.05) is 0 Å². The normalized spacial score (nSPS) is 11.4. The van der Waals surface area contributed by atoms with E-state index in [1.807, 2.05) is 24.4 Å². The van der Waals surface area contributed by atoms with Crippen LogP contribution in [0.25, 0.3) is 72.0 Å². The quantitative estimate of drug-likeness (QED) is 0.215. The maximum atomic E-state index is 5.08. The zero-order valence-corrected chi connectivity index (χ0v) is 22.3. The first kappa shape index (κ1) is 23.4. The summed E-state index contributed by atoms with van der Waals surface area (Å²) >= 11 is 0. The second-order valence-corrected chi connectivity index (χ2v) is 10.3. The van der Waals surface area contributed by atoms with Crippen molar-refractivity contribution in [1.82, 2.24) is 14.5 Å². The van der Waals surface area contributed by atoms with Gasteiger partial charge in [-0.3, -0.25) is 9.55 Å². The average Bonchev–Trinajstić information content (AvgIpc) is 3.45. The smallest absolute Gasteiger partial charge is 0.145 e. The molecule has 2 aromatic heterocycles. The number of imidazole rings is 1. The Morgan fingerprint density at radius 1 is 0.488 bits per heavy atom. The molecule has 0 saturated heterocycles. The first-order chi connectivity index (χ1) is 20.3. The largest absolute Gasteiger partial charge is 0.292 e. The van der Waals surface area contributed by atoms with Gasteiger partial charge in [0.1, 0.15) is 5.82 Å². The van der Waals surface area contributed by atoms with Crippen molar-refractivity contribution < 1.29 is 0 Å². The van der Waals surface area contributed by atoms with E-state index in [2.05, 4.69) is 137 Å². The lowest BCUT2D eigenvalue weighted by molar-refractivity contribution is 1.10. The molecule has 41 heavy (non-hydrogen) atoms. The predicted octanol–water partition coefficient (Wildman–Crippen LogP) is 9.73. The van der Waals surface area contributed by atoms with Gasteiger partial charge >= 0.3 is 0 Å². The average molecular weight is 524 g/mol. The summed E-state index contributed by atoms with van der Waals surface area (Å²) in [6.45, 7) is 0. The van der Waals surface area contributed by atoms with Crippen molar-refractivity contribution in [2.45, 2.75) is 0 Å². The number of pyridine rings is 1. The zero-order chi connectivity index (χ0) is 27.2. The van der Waals surface area contributed by atoms with Gasteiger partial charge < -0.3 is 0 Å². The van der Waals surface area contributed by atoms with Gasteiger partial charge in [0.15, 0.2) is 0 Å². The van der Waals surface area contributed by atoms with Crippen LogP contribution in [-0.4, -0.2) is 14.5 Å². The molecule has 192 valence electrons. The number of hydrogen-bond donors (Lipinski definition) is 0. The van der Waals surface area contributed by atoms with Crippen molar-refractivity contribution in [3.05, 3.63) is 152 Å². The van der Waals surface area contributed by atoms with Gasteiger partial charge in [0.05, 0.1) is 16.6 Å².